The number of hydrogen-bond acceptors (Lipinski definition) is 2. The summed E-state index contributed by atoms with van der Waals surface area (Å²) >= 11 is 6.21. The van der Waals surface area contributed by atoms with E-state index in [2.05, 4.69) is 10.6 Å². The van der Waals surface area contributed by atoms with Gasteiger partial charge < -0.3 is 10.6 Å². The first-order chi connectivity index (χ1) is 12.1. The zero-order valence-corrected chi connectivity index (χ0v) is 14.4. The summed E-state index contributed by atoms with van der Waals surface area (Å²) in [5, 5.41) is 6.55. The maximum absolute atomic E-state index is 12.4. The molecular weight excluding hydrogens is 336 g/mol. The Hall–Kier alpha value is -2.33. The van der Waals surface area contributed by atoms with Crippen LogP contribution in [0, 0.1) is 11.8 Å². The van der Waals surface area contributed by atoms with Gasteiger partial charge in [-0.2, -0.15) is 0 Å². The highest BCUT2D eigenvalue weighted by Crippen LogP contribution is 2.50. The summed E-state index contributed by atoms with van der Waals surface area (Å²) in [4.78, 5) is 24.1. The van der Waals surface area contributed by atoms with Crippen molar-refractivity contribution in [3.63, 3.8) is 0 Å². The van der Waals surface area contributed by atoms with Crippen LogP contribution in [0.1, 0.15) is 30.7 Å². The number of hydrogen-bond donors (Lipinski definition) is 2. The number of rotatable bonds is 5. The fourth-order valence-corrected chi connectivity index (χ4v) is 3.34. The molecule has 2 aromatic carbocycles. The first-order valence-corrected chi connectivity index (χ1v) is 8.96. The van der Waals surface area contributed by atoms with Crippen molar-refractivity contribution in [2.75, 3.05) is 10.6 Å². The third-order valence-electron chi connectivity index (χ3n) is 4.80. The Labute approximate surface area is 151 Å². The smallest absolute Gasteiger partial charge is 0.228 e. The predicted octanol–water partition coefficient (Wildman–Crippen LogP) is 4.43. The highest BCUT2D eigenvalue weighted by Gasteiger charge is 2.44. The van der Waals surface area contributed by atoms with Crippen molar-refractivity contribution in [2.45, 2.75) is 25.2 Å². The predicted molar refractivity (Wildman–Crippen MR) is 98.7 cm³/mol. The van der Waals surface area contributed by atoms with E-state index in [1.54, 1.807) is 0 Å². The average Bonchev–Trinajstić information content (AvgIpc) is 3.49. The van der Waals surface area contributed by atoms with Crippen LogP contribution in [0.5, 0.6) is 0 Å². The van der Waals surface area contributed by atoms with Gasteiger partial charge in [0.05, 0.1) is 0 Å². The van der Waals surface area contributed by atoms with Gasteiger partial charge in [0.15, 0.2) is 0 Å². The minimum Gasteiger partial charge on any atom is -0.326 e. The van der Waals surface area contributed by atoms with Crippen LogP contribution in [0.15, 0.2) is 48.5 Å². The Bertz CT molecular complexity index is 815. The SMILES string of the molecule is O=C(Nc1ccc(NC(=O)C2CC2c2ccccc2Cl)cc1)C1CC1. The van der Waals surface area contributed by atoms with Crippen LogP contribution in [0.25, 0.3) is 0 Å². The van der Waals surface area contributed by atoms with Gasteiger partial charge in [0, 0.05) is 28.2 Å². The lowest BCUT2D eigenvalue weighted by Gasteiger charge is -2.08. The lowest BCUT2D eigenvalue weighted by Crippen LogP contribution is -2.15. The van der Waals surface area contributed by atoms with Crippen molar-refractivity contribution in [3.8, 4) is 0 Å². The van der Waals surface area contributed by atoms with E-state index in [1.807, 2.05) is 48.5 Å². The van der Waals surface area contributed by atoms with Gasteiger partial charge in [-0.1, -0.05) is 29.8 Å². The van der Waals surface area contributed by atoms with E-state index in [0.717, 1.165) is 41.2 Å². The molecule has 2 atom stereocenters. The van der Waals surface area contributed by atoms with Crippen LogP contribution in [0.4, 0.5) is 11.4 Å². The second-order valence-electron chi connectivity index (χ2n) is 6.80. The molecule has 2 aliphatic carbocycles. The molecule has 2 aromatic rings. The second-order valence-corrected chi connectivity index (χ2v) is 7.21. The number of halogens is 1. The Morgan fingerprint density at radius 1 is 0.880 bits per heavy atom. The summed E-state index contributed by atoms with van der Waals surface area (Å²) in [7, 11) is 0. The molecule has 2 fully saturated rings. The molecule has 0 aromatic heterocycles. The molecule has 0 aliphatic heterocycles. The van der Waals surface area contributed by atoms with Crippen LogP contribution >= 0.6 is 11.6 Å². The molecule has 0 bridgehead atoms. The monoisotopic (exact) mass is 354 g/mol. The number of benzene rings is 2. The molecule has 0 saturated heterocycles. The van der Waals surface area contributed by atoms with Crippen LogP contribution in [-0.2, 0) is 9.59 Å². The summed E-state index contributed by atoms with van der Waals surface area (Å²) in [5.41, 5.74) is 2.54. The molecule has 4 nitrogen and oxygen atoms in total. The molecule has 128 valence electrons. The van der Waals surface area contributed by atoms with E-state index >= 15 is 0 Å². The van der Waals surface area contributed by atoms with E-state index in [9.17, 15) is 9.59 Å². The quantitative estimate of drug-likeness (QED) is 0.834. The van der Waals surface area contributed by atoms with Crippen molar-refractivity contribution in [1.29, 1.82) is 0 Å². The van der Waals surface area contributed by atoms with Gasteiger partial charge in [-0.15, -0.1) is 0 Å². The molecule has 4 rings (SSSR count). The van der Waals surface area contributed by atoms with E-state index in [0.29, 0.717) is 0 Å². The topological polar surface area (TPSA) is 58.2 Å². The van der Waals surface area contributed by atoms with Gasteiger partial charge in [-0.25, -0.2) is 0 Å². The van der Waals surface area contributed by atoms with E-state index in [4.69, 9.17) is 11.6 Å². The fraction of sp³-hybridized carbons (Fsp3) is 0.300. The van der Waals surface area contributed by atoms with Gasteiger partial charge in [-0.3, -0.25) is 9.59 Å². The lowest BCUT2D eigenvalue weighted by molar-refractivity contribution is -0.118. The van der Waals surface area contributed by atoms with Crippen LogP contribution in [0.2, 0.25) is 5.02 Å². The molecule has 2 amide bonds. The number of anilines is 2. The molecular formula is C20H19ClN2O2. The summed E-state index contributed by atoms with van der Waals surface area (Å²) < 4.78 is 0. The minimum atomic E-state index is -0.0332. The number of carbonyl (C=O) groups excluding carboxylic acids is 2. The van der Waals surface area contributed by atoms with Crippen LogP contribution < -0.4 is 10.6 Å². The standard InChI is InChI=1S/C20H19ClN2O2/c21-18-4-2-1-3-15(18)16-11-17(16)20(25)23-14-9-7-13(8-10-14)22-19(24)12-5-6-12/h1-4,7-10,12,16-17H,5-6,11H2,(H,22,24)(H,23,25). The zero-order valence-electron chi connectivity index (χ0n) is 13.7. The van der Waals surface area contributed by atoms with E-state index in [-0.39, 0.29) is 29.6 Å². The van der Waals surface area contributed by atoms with Crippen molar-refractivity contribution in [3.05, 3.63) is 59.1 Å². The third kappa shape index (κ3) is 3.69. The third-order valence-corrected chi connectivity index (χ3v) is 5.14. The van der Waals surface area contributed by atoms with Gasteiger partial charge in [-0.05, 0) is 61.1 Å². The first kappa shape index (κ1) is 16.2. The minimum absolute atomic E-state index is 0.0136. The van der Waals surface area contributed by atoms with Crippen molar-refractivity contribution < 1.29 is 9.59 Å². The first-order valence-electron chi connectivity index (χ1n) is 8.58. The number of nitrogens with one attached hydrogen (secondary N) is 2. The Kier molecular flexibility index (Phi) is 4.22. The summed E-state index contributed by atoms with van der Waals surface area (Å²) in [5.74, 6) is 0.438. The Morgan fingerprint density at radius 3 is 2.08 bits per heavy atom. The van der Waals surface area contributed by atoms with Crippen LogP contribution in [-0.4, -0.2) is 11.8 Å². The van der Waals surface area contributed by atoms with Gasteiger partial charge in [0.25, 0.3) is 0 Å². The maximum Gasteiger partial charge on any atom is 0.228 e. The molecule has 5 heteroatoms. The molecule has 25 heavy (non-hydrogen) atoms. The second kappa shape index (κ2) is 6.52. The summed E-state index contributed by atoms with van der Waals surface area (Å²) in [6.45, 7) is 0. The maximum atomic E-state index is 12.4. The summed E-state index contributed by atoms with van der Waals surface area (Å²) in [6, 6.07) is 14.9. The molecule has 2 aliphatic rings. The van der Waals surface area contributed by atoms with Crippen molar-refractivity contribution in [1.82, 2.24) is 0 Å². The molecule has 0 radical (unpaired) electrons. The van der Waals surface area contributed by atoms with Crippen LogP contribution in [0.3, 0.4) is 0 Å². The Balaban J connectivity index is 1.34. The molecule has 2 N–H and O–H groups in total. The van der Waals surface area contributed by atoms with E-state index < -0.39 is 0 Å². The molecule has 2 saturated carbocycles. The average molecular weight is 355 g/mol. The normalized spacial score (nSPS) is 21.5. The van der Waals surface area contributed by atoms with Gasteiger partial charge in [0.1, 0.15) is 0 Å². The highest BCUT2D eigenvalue weighted by atomic mass is 35.5. The fourth-order valence-electron chi connectivity index (χ4n) is 3.07. The van der Waals surface area contributed by atoms with Gasteiger partial charge >= 0.3 is 0 Å². The Morgan fingerprint density at radius 2 is 1.48 bits per heavy atom. The highest BCUT2D eigenvalue weighted by molar-refractivity contribution is 6.31. The van der Waals surface area contributed by atoms with E-state index in [1.165, 1.54) is 0 Å². The lowest BCUT2D eigenvalue weighted by atomic mass is 10.1. The number of amides is 2. The molecule has 0 spiro atoms. The number of carbonyl (C=O) groups is 2. The van der Waals surface area contributed by atoms with Crippen molar-refractivity contribution in [2.24, 2.45) is 11.8 Å². The summed E-state index contributed by atoms with van der Waals surface area (Å²) in [6.07, 6.45) is 2.78. The molecule has 0 heterocycles. The zero-order chi connectivity index (χ0) is 17.4. The molecule has 2 unspecified atom stereocenters. The van der Waals surface area contributed by atoms with Crippen molar-refractivity contribution >= 4 is 34.8 Å². The largest absolute Gasteiger partial charge is 0.326 e. The van der Waals surface area contributed by atoms with Gasteiger partial charge in [0.2, 0.25) is 11.8 Å².